The van der Waals surface area contributed by atoms with E-state index in [-0.39, 0.29) is 11.9 Å². The van der Waals surface area contributed by atoms with Gasteiger partial charge in [0.25, 0.3) is 6.01 Å². The topological polar surface area (TPSA) is 72.4 Å². The van der Waals surface area contributed by atoms with Crippen LogP contribution in [0.2, 0.25) is 0 Å². The lowest BCUT2D eigenvalue weighted by Gasteiger charge is -2.30. The minimum Gasteiger partial charge on any atom is -0.428 e. The Balaban J connectivity index is 1.64. The summed E-state index contributed by atoms with van der Waals surface area (Å²) in [4.78, 5) is 18.0. The second-order valence-corrected chi connectivity index (χ2v) is 4.99. The number of oxazole rings is 1. The van der Waals surface area contributed by atoms with Crippen molar-refractivity contribution in [2.75, 3.05) is 12.3 Å². The molecule has 0 saturated heterocycles. The summed E-state index contributed by atoms with van der Waals surface area (Å²) in [5, 5.41) is 0. The molecule has 1 aliphatic heterocycles. The third-order valence-corrected chi connectivity index (χ3v) is 3.78. The van der Waals surface area contributed by atoms with Crippen LogP contribution in [0.25, 0.3) is 0 Å². The molecule has 0 bridgehead atoms. The Morgan fingerprint density at radius 3 is 3.06 bits per heavy atom. The maximum absolute atomic E-state index is 12.1. The molecule has 5 heteroatoms. The van der Waals surface area contributed by atoms with Gasteiger partial charge in [-0.2, -0.15) is 4.98 Å². The normalized spacial score (nSPS) is 19.9. The van der Waals surface area contributed by atoms with Crippen molar-refractivity contribution in [3.05, 3.63) is 11.5 Å². The van der Waals surface area contributed by atoms with Crippen LogP contribution in [0.5, 0.6) is 0 Å². The Morgan fingerprint density at radius 1 is 1.53 bits per heavy atom. The fourth-order valence-electron chi connectivity index (χ4n) is 2.50. The number of hydrogen-bond donors (Lipinski definition) is 1. The Bertz CT molecular complexity index is 437. The Kier molecular flexibility index (Phi) is 2.53. The summed E-state index contributed by atoms with van der Waals surface area (Å²) in [7, 11) is 0. The van der Waals surface area contributed by atoms with Crippen molar-refractivity contribution < 1.29 is 9.21 Å². The van der Waals surface area contributed by atoms with Crippen LogP contribution >= 0.6 is 0 Å². The first-order valence-electron chi connectivity index (χ1n) is 6.24. The molecule has 0 radical (unpaired) electrons. The molecule has 0 unspecified atom stereocenters. The monoisotopic (exact) mass is 235 g/mol. The van der Waals surface area contributed by atoms with Gasteiger partial charge in [0, 0.05) is 19.4 Å². The smallest absolute Gasteiger partial charge is 0.292 e. The van der Waals surface area contributed by atoms with Gasteiger partial charge in [0.1, 0.15) is 11.5 Å². The minimum atomic E-state index is 0.211. The van der Waals surface area contributed by atoms with Crippen molar-refractivity contribution in [3.8, 4) is 0 Å². The molecule has 2 heterocycles. The third-order valence-electron chi connectivity index (χ3n) is 3.78. The van der Waals surface area contributed by atoms with Gasteiger partial charge in [-0.3, -0.25) is 4.79 Å². The summed E-state index contributed by atoms with van der Waals surface area (Å²) < 4.78 is 5.28. The van der Waals surface area contributed by atoms with Crippen LogP contribution in [-0.4, -0.2) is 22.3 Å². The largest absolute Gasteiger partial charge is 0.428 e. The lowest BCUT2D eigenvalue weighted by atomic mass is 9.82. The molecule has 1 saturated carbocycles. The van der Waals surface area contributed by atoms with Gasteiger partial charge in [-0.25, -0.2) is 0 Å². The molecule has 1 amide bonds. The van der Waals surface area contributed by atoms with Gasteiger partial charge in [-0.05, 0) is 18.8 Å². The van der Waals surface area contributed by atoms with Gasteiger partial charge >= 0.3 is 0 Å². The van der Waals surface area contributed by atoms with E-state index in [0.717, 1.165) is 24.4 Å². The van der Waals surface area contributed by atoms with E-state index in [1.807, 2.05) is 4.90 Å². The van der Waals surface area contributed by atoms with E-state index in [0.29, 0.717) is 18.9 Å². The van der Waals surface area contributed by atoms with Crippen molar-refractivity contribution >= 4 is 11.9 Å². The average molecular weight is 235 g/mol. The summed E-state index contributed by atoms with van der Waals surface area (Å²) in [5.74, 6) is 1.71. The van der Waals surface area contributed by atoms with Crippen molar-refractivity contribution in [1.29, 1.82) is 0 Å². The number of nitrogens with two attached hydrogens (primary N) is 1. The lowest BCUT2D eigenvalue weighted by Crippen LogP contribution is -2.37. The van der Waals surface area contributed by atoms with Gasteiger partial charge in [0.15, 0.2) is 0 Å². The predicted molar refractivity (Wildman–Crippen MR) is 62.0 cm³/mol. The zero-order valence-corrected chi connectivity index (χ0v) is 9.82. The molecule has 17 heavy (non-hydrogen) atoms. The zero-order valence-electron chi connectivity index (χ0n) is 9.82. The number of anilines is 1. The van der Waals surface area contributed by atoms with Gasteiger partial charge in [0.2, 0.25) is 5.91 Å². The van der Waals surface area contributed by atoms with Gasteiger partial charge in [-0.1, -0.05) is 6.42 Å². The van der Waals surface area contributed by atoms with Crippen molar-refractivity contribution in [2.24, 2.45) is 5.92 Å². The quantitative estimate of drug-likeness (QED) is 0.839. The number of carbonyl (C=O) groups is 1. The SMILES string of the molecule is Nc1nc2c(o1)CCN(C(=O)CC1CCC1)C2. The van der Waals surface area contributed by atoms with Gasteiger partial charge in [-0.15, -0.1) is 0 Å². The average Bonchev–Trinajstić information content (AvgIpc) is 2.62. The third kappa shape index (κ3) is 2.01. The minimum absolute atomic E-state index is 0.211. The lowest BCUT2D eigenvalue weighted by molar-refractivity contribution is -0.133. The Hall–Kier alpha value is -1.52. The molecular weight excluding hydrogens is 218 g/mol. The molecule has 1 fully saturated rings. The number of fused-ring (bicyclic) bond motifs is 1. The van der Waals surface area contributed by atoms with Crippen LogP contribution in [0, 0.1) is 5.92 Å². The first-order chi connectivity index (χ1) is 8.22. The predicted octanol–water partition coefficient (Wildman–Crippen LogP) is 1.33. The molecule has 1 aliphatic carbocycles. The molecule has 0 aromatic carbocycles. The summed E-state index contributed by atoms with van der Waals surface area (Å²) in [5.41, 5.74) is 6.34. The van der Waals surface area contributed by atoms with E-state index in [2.05, 4.69) is 4.98 Å². The molecule has 0 atom stereocenters. The zero-order chi connectivity index (χ0) is 11.8. The fraction of sp³-hybridized carbons (Fsp3) is 0.667. The molecule has 5 nitrogen and oxygen atoms in total. The van der Waals surface area contributed by atoms with E-state index in [1.54, 1.807) is 0 Å². The van der Waals surface area contributed by atoms with Crippen LogP contribution in [0.15, 0.2) is 4.42 Å². The molecule has 1 aromatic heterocycles. The maximum atomic E-state index is 12.1. The van der Waals surface area contributed by atoms with Crippen LogP contribution in [0.4, 0.5) is 6.01 Å². The highest BCUT2D eigenvalue weighted by Gasteiger charge is 2.28. The molecule has 3 rings (SSSR count). The van der Waals surface area contributed by atoms with Crippen molar-refractivity contribution in [2.45, 2.75) is 38.6 Å². The second-order valence-electron chi connectivity index (χ2n) is 4.99. The first-order valence-corrected chi connectivity index (χ1v) is 6.24. The van der Waals surface area contributed by atoms with Gasteiger partial charge < -0.3 is 15.1 Å². The number of rotatable bonds is 2. The number of hydrogen-bond acceptors (Lipinski definition) is 4. The molecule has 92 valence electrons. The number of amides is 1. The Labute approximate surface area is 100.0 Å². The first kappa shape index (κ1) is 10.6. The molecule has 0 spiro atoms. The van der Waals surface area contributed by atoms with E-state index >= 15 is 0 Å². The Morgan fingerprint density at radius 2 is 2.35 bits per heavy atom. The summed E-state index contributed by atoms with van der Waals surface area (Å²) in [6.45, 7) is 1.29. The highest BCUT2D eigenvalue weighted by atomic mass is 16.4. The van der Waals surface area contributed by atoms with E-state index in [4.69, 9.17) is 10.2 Å². The summed E-state index contributed by atoms with van der Waals surface area (Å²) in [6, 6.07) is 0.211. The maximum Gasteiger partial charge on any atom is 0.292 e. The van der Waals surface area contributed by atoms with Crippen LogP contribution in [0.1, 0.15) is 37.1 Å². The fourth-order valence-corrected chi connectivity index (χ4v) is 2.50. The number of nitrogen functional groups attached to an aromatic ring is 1. The van der Waals surface area contributed by atoms with Gasteiger partial charge in [0.05, 0.1) is 6.54 Å². The molecular formula is C12H17N3O2. The van der Waals surface area contributed by atoms with Crippen LogP contribution in [0.3, 0.4) is 0 Å². The van der Waals surface area contributed by atoms with E-state index in [9.17, 15) is 4.79 Å². The van der Waals surface area contributed by atoms with Crippen LogP contribution in [-0.2, 0) is 17.8 Å². The summed E-state index contributed by atoms with van der Waals surface area (Å²) in [6.07, 6.45) is 5.13. The summed E-state index contributed by atoms with van der Waals surface area (Å²) >= 11 is 0. The van der Waals surface area contributed by atoms with Crippen LogP contribution < -0.4 is 5.73 Å². The van der Waals surface area contributed by atoms with E-state index in [1.165, 1.54) is 19.3 Å². The standard InChI is InChI=1S/C12H17N3O2/c13-12-14-9-7-15(5-4-10(9)17-12)11(16)6-8-2-1-3-8/h8H,1-7H2,(H2,13,14). The molecule has 1 aromatic rings. The second kappa shape index (κ2) is 4.05. The molecule has 2 N–H and O–H groups in total. The highest BCUT2D eigenvalue weighted by molar-refractivity contribution is 5.76. The van der Waals surface area contributed by atoms with Crippen molar-refractivity contribution in [1.82, 2.24) is 9.88 Å². The van der Waals surface area contributed by atoms with E-state index < -0.39 is 0 Å². The number of carbonyl (C=O) groups excluding carboxylic acids is 1. The highest BCUT2D eigenvalue weighted by Crippen LogP contribution is 2.30. The number of nitrogens with zero attached hydrogens (tertiary/aromatic N) is 2. The molecule has 2 aliphatic rings. The van der Waals surface area contributed by atoms with Crippen molar-refractivity contribution in [3.63, 3.8) is 0 Å². The number of aromatic nitrogens is 1.